The lowest BCUT2D eigenvalue weighted by molar-refractivity contribution is 0.0145. The first kappa shape index (κ1) is 49.7. The van der Waals surface area contributed by atoms with E-state index in [2.05, 4.69) is 15.2 Å². The van der Waals surface area contributed by atoms with Gasteiger partial charge in [-0.2, -0.15) is 14.3 Å². The summed E-state index contributed by atoms with van der Waals surface area (Å²) in [7, 11) is -8.06. The normalized spacial score (nSPS) is 14.1. The van der Waals surface area contributed by atoms with Gasteiger partial charge in [0.15, 0.2) is 22.3 Å². The average Bonchev–Trinajstić information content (AvgIpc) is 3.92. The number of ether oxygens (including phenoxy) is 4. The van der Waals surface area contributed by atoms with Crippen LogP contribution in [0.4, 0.5) is 15.3 Å². The van der Waals surface area contributed by atoms with Crippen LogP contribution in [0, 0.1) is 0 Å². The molecule has 2 aliphatic heterocycles. The molecule has 0 spiro atoms. The molecule has 66 heavy (non-hydrogen) atoms. The van der Waals surface area contributed by atoms with Crippen molar-refractivity contribution in [2.45, 2.75) is 108 Å². The minimum Gasteiger partial charge on any atom is -0.497 e. The maximum absolute atomic E-state index is 15.9. The van der Waals surface area contributed by atoms with E-state index in [0.717, 1.165) is 4.90 Å². The second kappa shape index (κ2) is 19.2. The SMILES string of the molecule is COc1ccc(CN(Cc2ccc(OC)cc2)S(=O)(=O)c2c(S(=O)(=O)CC[Si](C)(C)C)ccc(-c3cccc4c3N=C(N(C(=O)OC(C)(C)C)C(=O)OC(C)(C)C)C4)c2C2=NCN=N2)cc1. The molecule has 0 unspecified atom stereocenters. The van der Waals surface area contributed by atoms with Crippen LogP contribution in [-0.2, 0) is 48.8 Å². The molecule has 2 amide bonds. The van der Waals surface area contributed by atoms with Crippen LogP contribution in [0.1, 0.15) is 63.8 Å². The summed E-state index contributed by atoms with van der Waals surface area (Å²) in [5, 5.41) is 8.39. The number of sulfone groups is 1. The first-order valence-electron chi connectivity index (χ1n) is 21.3. The molecule has 2 aliphatic rings. The van der Waals surface area contributed by atoms with E-state index in [-0.39, 0.29) is 54.7 Å². The Labute approximate surface area is 388 Å². The minimum absolute atomic E-state index is 0.00365. The number of amidine groups is 2. The lowest BCUT2D eigenvalue weighted by Crippen LogP contribution is -2.47. The van der Waals surface area contributed by atoms with Gasteiger partial charge in [-0.25, -0.2) is 36.4 Å². The number of azo groups is 1. The van der Waals surface area contributed by atoms with E-state index in [1.54, 1.807) is 108 Å². The highest BCUT2D eigenvalue weighted by molar-refractivity contribution is 7.93. The third-order valence-corrected chi connectivity index (χ3v) is 16.2. The van der Waals surface area contributed by atoms with Crippen LogP contribution in [-0.4, -0.2) is 95.8 Å². The molecular weight excluding hydrogens is 901 g/mol. The molecule has 0 fully saturated rings. The number of nitrogens with zero attached hydrogens (tertiary/aromatic N) is 6. The van der Waals surface area contributed by atoms with Gasteiger partial charge in [-0.15, -0.1) is 5.11 Å². The van der Waals surface area contributed by atoms with Crippen molar-refractivity contribution in [1.82, 2.24) is 9.21 Å². The summed E-state index contributed by atoms with van der Waals surface area (Å²) >= 11 is 0. The van der Waals surface area contributed by atoms with Crippen LogP contribution in [0.2, 0.25) is 25.7 Å². The smallest absolute Gasteiger partial charge is 0.425 e. The average molecular weight is 959 g/mol. The van der Waals surface area contributed by atoms with Crippen LogP contribution in [0.3, 0.4) is 0 Å². The Balaban J connectivity index is 1.63. The number of sulfonamides is 1. The van der Waals surface area contributed by atoms with Gasteiger partial charge in [-0.05, 0) is 100 Å². The molecular formula is C47H58N6O10S2Si. The molecule has 4 aromatic rings. The van der Waals surface area contributed by atoms with E-state index in [4.69, 9.17) is 23.9 Å². The Kier molecular flexibility index (Phi) is 14.5. The Morgan fingerprint density at radius 2 is 1.27 bits per heavy atom. The Bertz CT molecular complexity index is 2730. The number of amides is 2. The van der Waals surface area contributed by atoms with Gasteiger partial charge in [-0.1, -0.05) is 68.2 Å². The van der Waals surface area contributed by atoms with Crippen LogP contribution < -0.4 is 9.47 Å². The molecule has 0 bridgehead atoms. The topological polar surface area (TPSA) is 195 Å². The molecule has 0 atom stereocenters. The zero-order valence-electron chi connectivity index (χ0n) is 39.3. The maximum Gasteiger partial charge on any atom is 0.425 e. The third-order valence-electron chi connectivity index (χ3n) is 10.3. The molecule has 0 N–H and O–H groups in total. The van der Waals surface area contributed by atoms with Crippen molar-refractivity contribution in [3.63, 3.8) is 0 Å². The number of methoxy groups -OCH3 is 2. The summed E-state index contributed by atoms with van der Waals surface area (Å²) < 4.78 is 84.7. The van der Waals surface area contributed by atoms with Gasteiger partial charge in [0.1, 0.15) is 33.4 Å². The van der Waals surface area contributed by atoms with Crippen molar-refractivity contribution in [3.8, 4) is 22.6 Å². The van der Waals surface area contributed by atoms with Gasteiger partial charge in [0.05, 0.1) is 36.1 Å². The van der Waals surface area contributed by atoms with E-state index < -0.39 is 61.1 Å². The van der Waals surface area contributed by atoms with Gasteiger partial charge in [0, 0.05) is 33.1 Å². The zero-order valence-corrected chi connectivity index (χ0v) is 42.0. The van der Waals surface area contributed by atoms with Crippen LogP contribution >= 0.6 is 0 Å². The molecule has 2 heterocycles. The number of hydrogen-bond acceptors (Lipinski definition) is 14. The molecule has 0 aliphatic carbocycles. The number of rotatable bonds is 14. The summed E-state index contributed by atoms with van der Waals surface area (Å²) in [6, 6.07) is 22.3. The summed E-state index contributed by atoms with van der Waals surface area (Å²) in [5.41, 5.74) is 0.631. The first-order valence-corrected chi connectivity index (χ1v) is 28.1. The van der Waals surface area contributed by atoms with Gasteiger partial charge >= 0.3 is 12.2 Å². The van der Waals surface area contributed by atoms with Gasteiger partial charge in [-0.3, -0.25) is 0 Å². The fraction of sp³-hybridized carbons (Fsp3) is 0.404. The van der Waals surface area contributed by atoms with Crippen LogP contribution in [0.25, 0.3) is 11.1 Å². The van der Waals surface area contributed by atoms with Gasteiger partial charge < -0.3 is 18.9 Å². The molecule has 0 radical (unpaired) electrons. The molecule has 352 valence electrons. The number of para-hydroxylation sites is 1. The third kappa shape index (κ3) is 11.8. The summed E-state index contributed by atoms with van der Waals surface area (Å²) in [6.07, 6.45) is -2.01. The first-order chi connectivity index (χ1) is 30.8. The highest BCUT2D eigenvalue weighted by Gasteiger charge is 2.41. The lowest BCUT2D eigenvalue weighted by Gasteiger charge is -2.28. The van der Waals surface area contributed by atoms with Gasteiger partial charge in [0.2, 0.25) is 10.0 Å². The summed E-state index contributed by atoms with van der Waals surface area (Å²) in [4.78, 5) is 36.7. The summed E-state index contributed by atoms with van der Waals surface area (Å²) in [6.45, 7) is 15.7. The minimum atomic E-state index is -4.84. The Hall–Kier alpha value is -5.76. The van der Waals surface area contributed by atoms with Crippen molar-refractivity contribution in [3.05, 3.63) is 101 Å². The second-order valence-electron chi connectivity index (χ2n) is 19.1. The number of carbonyl (C=O) groups excluding carboxylic acids is 2. The van der Waals surface area contributed by atoms with E-state index in [0.29, 0.717) is 45.5 Å². The van der Waals surface area contributed by atoms with Crippen LogP contribution in [0.15, 0.2) is 109 Å². The molecule has 0 saturated heterocycles. The predicted molar refractivity (Wildman–Crippen MR) is 256 cm³/mol. The zero-order chi connectivity index (χ0) is 48.4. The Morgan fingerprint density at radius 3 is 1.74 bits per heavy atom. The van der Waals surface area contributed by atoms with E-state index in [1.807, 2.05) is 19.6 Å². The van der Waals surface area contributed by atoms with Crippen molar-refractivity contribution in [2.24, 2.45) is 20.2 Å². The fourth-order valence-electron chi connectivity index (χ4n) is 7.10. The quantitative estimate of drug-likeness (QED) is 0.110. The molecule has 6 rings (SSSR count). The molecule has 19 heteroatoms. The number of hydrogen-bond donors (Lipinski definition) is 0. The highest BCUT2D eigenvalue weighted by Crippen LogP contribution is 2.44. The number of benzene rings is 4. The standard InChI is InChI=1S/C47H58N6O10S2Si/c1-46(2,3)62-44(54)53(45(55)63-47(4,5)6)39-27-33-13-12-14-37(41(33)50-39)36-23-24-38(64(56,57)25-26-66(9,10)11)42(40(36)43-48-30-49-51-43)65(58,59)52(28-31-15-19-34(60-7)20-16-31)29-32-17-21-35(61-8)22-18-32/h12-24H,25-30H2,1-11H3. The fourth-order valence-corrected chi connectivity index (χ4v) is 13.9. The summed E-state index contributed by atoms with van der Waals surface area (Å²) in [5.74, 6) is 0.752. The number of aliphatic imine (C=N–C) groups is 2. The monoisotopic (exact) mass is 958 g/mol. The number of carbonyl (C=O) groups is 2. The van der Waals surface area contributed by atoms with Crippen LogP contribution in [0.5, 0.6) is 11.5 Å². The highest BCUT2D eigenvalue weighted by atomic mass is 32.2. The van der Waals surface area contributed by atoms with Crippen molar-refractivity contribution < 1.29 is 45.4 Å². The Morgan fingerprint density at radius 1 is 0.727 bits per heavy atom. The molecule has 4 aromatic carbocycles. The largest absolute Gasteiger partial charge is 0.497 e. The molecule has 0 saturated carbocycles. The van der Waals surface area contributed by atoms with E-state index in [1.165, 1.54) is 30.7 Å². The number of fused-ring (bicyclic) bond motifs is 1. The van der Waals surface area contributed by atoms with Crippen molar-refractivity contribution >= 4 is 57.5 Å². The van der Waals surface area contributed by atoms with Crippen molar-refractivity contribution in [1.29, 1.82) is 0 Å². The molecule has 16 nitrogen and oxygen atoms in total. The van der Waals surface area contributed by atoms with Crippen molar-refractivity contribution in [2.75, 3.05) is 26.6 Å². The number of imide groups is 1. The van der Waals surface area contributed by atoms with E-state index >= 15 is 8.42 Å². The predicted octanol–water partition coefficient (Wildman–Crippen LogP) is 9.80. The molecule has 0 aromatic heterocycles. The lowest BCUT2D eigenvalue weighted by atomic mass is 9.95. The maximum atomic E-state index is 15.9. The second-order valence-corrected chi connectivity index (χ2v) is 28.7. The van der Waals surface area contributed by atoms with E-state index in [9.17, 15) is 18.0 Å². The van der Waals surface area contributed by atoms with Gasteiger partial charge in [0.25, 0.3) is 0 Å².